The average molecular weight is 403 g/mol. The number of aromatic nitrogens is 2. The molecule has 1 aliphatic heterocycles. The summed E-state index contributed by atoms with van der Waals surface area (Å²) in [5, 5.41) is 3.64. The smallest absolute Gasteiger partial charge is 0.240 e. The summed E-state index contributed by atoms with van der Waals surface area (Å²) in [6.07, 6.45) is 1.18. The van der Waals surface area contributed by atoms with Crippen molar-refractivity contribution in [1.29, 1.82) is 0 Å². The Hall–Kier alpha value is -2.02. The molecule has 2 aromatic rings. The third kappa shape index (κ3) is 5.07. The number of rotatable bonds is 6. The van der Waals surface area contributed by atoms with Crippen molar-refractivity contribution in [1.82, 2.24) is 19.8 Å². The Bertz CT molecular complexity index is 838. The molecule has 1 aliphatic rings. The van der Waals surface area contributed by atoms with E-state index >= 15 is 0 Å². The minimum absolute atomic E-state index is 0.0509. The number of carbonyl (C=O) groups excluding carboxylic acids is 2. The molecule has 1 aromatic heterocycles. The van der Waals surface area contributed by atoms with Gasteiger partial charge in [-0.2, -0.15) is 0 Å². The van der Waals surface area contributed by atoms with Gasteiger partial charge in [-0.1, -0.05) is 37.7 Å². The number of nitrogens with one attached hydrogen (secondary N) is 1. The lowest BCUT2D eigenvalue weighted by molar-refractivity contribution is -0.131. The summed E-state index contributed by atoms with van der Waals surface area (Å²) in [5.41, 5.74) is 1.76. The molecule has 28 heavy (non-hydrogen) atoms. The number of likely N-dealkylation sites (tertiary alicyclic amines) is 1. The van der Waals surface area contributed by atoms with E-state index in [4.69, 9.17) is 0 Å². The first-order chi connectivity index (χ1) is 13.3. The number of carbonyl (C=O) groups is 2. The molecule has 2 amide bonds. The van der Waals surface area contributed by atoms with Crippen LogP contribution in [0.15, 0.2) is 29.4 Å². The largest absolute Gasteiger partial charge is 0.352 e. The van der Waals surface area contributed by atoms with E-state index in [0.29, 0.717) is 22.7 Å². The van der Waals surface area contributed by atoms with E-state index in [9.17, 15) is 9.59 Å². The van der Waals surface area contributed by atoms with Crippen molar-refractivity contribution in [3.63, 3.8) is 0 Å². The summed E-state index contributed by atoms with van der Waals surface area (Å²) in [4.78, 5) is 31.7. The number of hydrogen-bond acceptors (Lipinski definition) is 4. The van der Waals surface area contributed by atoms with Gasteiger partial charge < -0.3 is 14.8 Å². The molecule has 2 atom stereocenters. The van der Waals surface area contributed by atoms with Gasteiger partial charge in [0.05, 0.1) is 16.8 Å². The molecule has 1 aromatic carbocycles. The molecule has 3 rings (SSSR count). The first-order valence-corrected chi connectivity index (χ1v) is 11.0. The van der Waals surface area contributed by atoms with Gasteiger partial charge in [-0.25, -0.2) is 4.98 Å². The van der Waals surface area contributed by atoms with Crippen LogP contribution in [0.1, 0.15) is 34.1 Å². The van der Waals surface area contributed by atoms with E-state index in [-0.39, 0.29) is 24.4 Å². The van der Waals surface area contributed by atoms with Gasteiger partial charge in [-0.3, -0.25) is 9.59 Å². The summed E-state index contributed by atoms with van der Waals surface area (Å²) in [7, 11) is 0. The number of fused-ring (bicyclic) bond motifs is 1. The van der Waals surface area contributed by atoms with E-state index in [2.05, 4.69) is 24.1 Å². The molecular formula is C21H30N4O2S. The minimum Gasteiger partial charge on any atom is -0.352 e. The summed E-state index contributed by atoms with van der Waals surface area (Å²) < 4.78 is 1.91. The summed E-state index contributed by atoms with van der Waals surface area (Å²) in [5.74, 6) is 1.52. The van der Waals surface area contributed by atoms with Gasteiger partial charge in [-0.05, 0) is 44.2 Å². The van der Waals surface area contributed by atoms with Crippen molar-refractivity contribution in [3.05, 3.63) is 24.3 Å². The maximum absolute atomic E-state index is 12.7. The van der Waals surface area contributed by atoms with Gasteiger partial charge in [0, 0.05) is 19.1 Å². The highest BCUT2D eigenvalue weighted by molar-refractivity contribution is 7.99. The normalized spacial score (nSPS) is 20.0. The zero-order chi connectivity index (χ0) is 20.3. The Morgan fingerprint density at radius 2 is 1.89 bits per heavy atom. The van der Waals surface area contributed by atoms with E-state index in [0.717, 1.165) is 24.1 Å². The fourth-order valence-electron chi connectivity index (χ4n) is 3.91. The van der Waals surface area contributed by atoms with Crippen LogP contribution >= 0.6 is 11.8 Å². The van der Waals surface area contributed by atoms with Crippen LogP contribution in [-0.4, -0.2) is 51.1 Å². The topological polar surface area (TPSA) is 67.2 Å². The quantitative estimate of drug-likeness (QED) is 0.754. The summed E-state index contributed by atoms with van der Waals surface area (Å²) >= 11 is 1.42. The Labute approximate surface area is 171 Å². The molecule has 1 fully saturated rings. The molecule has 0 saturated carbocycles. The molecule has 0 radical (unpaired) electrons. The van der Waals surface area contributed by atoms with Crippen LogP contribution in [0.4, 0.5) is 0 Å². The third-order valence-electron chi connectivity index (χ3n) is 4.92. The highest BCUT2D eigenvalue weighted by Crippen LogP contribution is 2.26. The van der Waals surface area contributed by atoms with Crippen molar-refractivity contribution >= 4 is 34.6 Å². The molecule has 0 bridgehead atoms. The lowest BCUT2D eigenvalue weighted by Gasteiger charge is -2.35. The van der Waals surface area contributed by atoms with Crippen LogP contribution in [0.5, 0.6) is 0 Å². The summed E-state index contributed by atoms with van der Waals surface area (Å²) in [6.45, 7) is 10.2. The number of imidazole rings is 1. The number of hydrogen-bond donors (Lipinski definition) is 1. The maximum Gasteiger partial charge on any atom is 0.240 e. The second-order valence-electron chi connectivity index (χ2n) is 8.22. The van der Waals surface area contributed by atoms with Crippen molar-refractivity contribution in [3.8, 4) is 0 Å². The lowest BCUT2D eigenvalue weighted by Crippen LogP contribution is -2.43. The van der Waals surface area contributed by atoms with Crippen LogP contribution < -0.4 is 5.32 Å². The fourth-order valence-corrected chi connectivity index (χ4v) is 4.83. The summed E-state index contributed by atoms with van der Waals surface area (Å²) in [6, 6.07) is 7.86. The number of nitrogens with zero attached hydrogens (tertiary/aromatic N) is 3. The maximum atomic E-state index is 12.7. The van der Waals surface area contributed by atoms with Crippen molar-refractivity contribution < 1.29 is 9.59 Å². The zero-order valence-corrected chi connectivity index (χ0v) is 18.0. The van der Waals surface area contributed by atoms with Crippen LogP contribution in [0, 0.1) is 11.8 Å². The van der Waals surface area contributed by atoms with E-state index in [1.165, 1.54) is 18.2 Å². The SMILES string of the molecule is CC(C)NC(=O)Cn1c(SCC(=O)N2C[C@H](C)C[C@H](C)C2)nc2ccccc21. The van der Waals surface area contributed by atoms with E-state index in [1.807, 2.05) is 47.6 Å². The van der Waals surface area contributed by atoms with Crippen LogP contribution in [0.2, 0.25) is 0 Å². The number of amides is 2. The van der Waals surface area contributed by atoms with Gasteiger partial charge in [0.2, 0.25) is 11.8 Å². The predicted molar refractivity (Wildman–Crippen MR) is 113 cm³/mol. The van der Waals surface area contributed by atoms with Crippen molar-refractivity contribution in [2.24, 2.45) is 11.8 Å². The average Bonchev–Trinajstić information content (AvgIpc) is 2.95. The standard InChI is InChI=1S/C21H30N4O2S/c1-14(2)22-19(26)12-25-18-8-6-5-7-17(18)23-21(25)28-13-20(27)24-10-15(3)9-16(4)11-24/h5-8,14-16H,9-13H2,1-4H3,(H,22,26)/t15-,16+. The number of para-hydroxylation sites is 2. The van der Waals surface area contributed by atoms with Gasteiger partial charge in [-0.15, -0.1) is 0 Å². The number of benzene rings is 1. The van der Waals surface area contributed by atoms with Gasteiger partial charge >= 0.3 is 0 Å². The molecule has 0 aliphatic carbocycles. The zero-order valence-electron chi connectivity index (χ0n) is 17.1. The molecule has 1 saturated heterocycles. The Morgan fingerprint density at radius 1 is 1.21 bits per heavy atom. The first kappa shape index (κ1) is 20.7. The van der Waals surface area contributed by atoms with Gasteiger partial charge in [0.25, 0.3) is 0 Å². The predicted octanol–water partition coefficient (Wildman–Crippen LogP) is 3.16. The molecular weight excluding hydrogens is 372 g/mol. The monoisotopic (exact) mass is 402 g/mol. The Kier molecular flexibility index (Phi) is 6.65. The molecule has 0 unspecified atom stereocenters. The second-order valence-corrected chi connectivity index (χ2v) is 9.17. The highest BCUT2D eigenvalue weighted by atomic mass is 32.2. The molecule has 6 nitrogen and oxygen atoms in total. The Morgan fingerprint density at radius 3 is 2.57 bits per heavy atom. The molecule has 1 N–H and O–H groups in total. The molecule has 152 valence electrons. The number of thioether (sulfide) groups is 1. The second kappa shape index (κ2) is 8.99. The van der Waals surface area contributed by atoms with Crippen LogP contribution in [0.3, 0.4) is 0 Å². The first-order valence-electron chi connectivity index (χ1n) is 9.98. The van der Waals surface area contributed by atoms with Gasteiger partial charge in [0.1, 0.15) is 6.54 Å². The highest BCUT2D eigenvalue weighted by Gasteiger charge is 2.26. The van der Waals surface area contributed by atoms with Crippen LogP contribution in [-0.2, 0) is 16.1 Å². The lowest BCUT2D eigenvalue weighted by atomic mass is 9.92. The van der Waals surface area contributed by atoms with E-state index < -0.39 is 0 Å². The molecule has 2 heterocycles. The minimum atomic E-state index is -0.0509. The third-order valence-corrected chi connectivity index (χ3v) is 5.88. The van der Waals surface area contributed by atoms with Gasteiger partial charge in [0.15, 0.2) is 5.16 Å². The number of piperidine rings is 1. The molecule has 0 spiro atoms. The van der Waals surface area contributed by atoms with Crippen LogP contribution in [0.25, 0.3) is 11.0 Å². The van der Waals surface area contributed by atoms with E-state index in [1.54, 1.807) is 0 Å². The fraction of sp³-hybridized carbons (Fsp3) is 0.571. The van der Waals surface area contributed by atoms with Crippen molar-refractivity contribution in [2.75, 3.05) is 18.8 Å². The Balaban J connectivity index is 1.74. The van der Waals surface area contributed by atoms with Crippen molar-refractivity contribution in [2.45, 2.75) is 51.9 Å². The molecule has 7 heteroatoms.